The van der Waals surface area contributed by atoms with Gasteiger partial charge in [-0.15, -0.1) is 11.3 Å². The molecule has 2 heterocycles. The smallest absolute Gasteiger partial charge is 0.0541 e. The molecule has 0 aliphatic heterocycles. The summed E-state index contributed by atoms with van der Waals surface area (Å²) in [4.78, 5) is 0. The zero-order valence-electron chi connectivity index (χ0n) is 23.6. The fraction of sp³-hybridized carbons (Fsp3) is 0.0769. The predicted octanol–water partition coefficient (Wildman–Crippen LogP) is 11.8. The number of aromatic nitrogens is 1. The highest BCUT2D eigenvalue weighted by atomic mass is 32.1. The van der Waals surface area contributed by atoms with Crippen LogP contribution in [0.5, 0.6) is 0 Å². The summed E-state index contributed by atoms with van der Waals surface area (Å²) in [7, 11) is 0. The molecule has 0 atom stereocenters. The first-order chi connectivity index (χ1) is 20.2. The number of thiophene rings is 1. The molecule has 0 N–H and O–H groups in total. The van der Waals surface area contributed by atoms with E-state index in [1.165, 1.54) is 75.5 Å². The summed E-state index contributed by atoms with van der Waals surface area (Å²) >= 11 is 1.87. The molecule has 0 amide bonds. The largest absolute Gasteiger partial charge is 0.309 e. The van der Waals surface area contributed by atoms with Gasteiger partial charge >= 0.3 is 0 Å². The van der Waals surface area contributed by atoms with Gasteiger partial charge in [-0.2, -0.15) is 0 Å². The SMILES string of the molecule is CC.Cc1cccc(-c2ccc3sc4ccc(-c5cccc(-n6c7ccccc7c7ccccc76)c5)cc4c3c2)c1. The van der Waals surface area contributed by atoms with Gasteiger partial charge in [0.15, 0.2) is 0 Å². The van der Waals surface area contributed by atoms with E-state index >= 15 is 0 Å². The van der Waals surface area contributed by atoms with Crippen molar-refractivity contribution in [3.05, 3.63) is 139 Å². The van der Waals surface area contributed by atoms with Crippen molar-refractivity contribution < 1.29 is 0 Å². The van der Waals surface area contributed by atoms with Crippen molar-refractivity contribution in [3.8, 4) is 27.9 Å². The standard InChI is InChI=1S/C37H25NS.C2H6/c1-24-8-6-9-25(20-24)27-16-18-36-32(22-27)33-23-28(17-19-37(33)39-36)26-10-7-11-29(21-26)38-34-14-4-2-12-30(34)31-13-3-5-15-35(31)38;1-2/h2-23H,1H3;1-2H3. The first-order valence-electron chi connectivity index (χ1n) is 14.4. The third-order valence-corrected chi connectivity index (χ3v) is 8.99. The van der Waals surface area contributed by atoms with E-state index in [9.17, 15) is 0 Å². The summed E-state index contributed by atoms with van der Waals surface area (Å²) in [6.45, 7) is 6.15. The van der Waals surface area contributed by atoms with Crippen LogP contribution in [0.4, 0.5) is 0 Å². The van der Waals surface area contributed by atoms with Crippen molar-refractivity contribution in [3.63, 3.8) is 0 Å². The molecule has 198 valence electrons. The van der Waals surface area contributed by atoms with E-state index in [1.807, 2.05) is 25.2 Å². The van der Waals surface area contributed by atoms with Crippen LogP contribution in [0.25, 0.3) is 69.9 Å². The van der Waals surface area contributed by atoms with Crippen LogP contribution in [-0.2, 0) is 0 Å². The van der Waals surface area contributed by atoms with E-state index in [-0.39, 0.29) is 0 Å². The normalized spacial score (nSPS) is 11.3. The lowest BCUT2D eigenvalue weighted by Gasteiger charge is -2.10. The molecule has 0 fully saturated rings. The zero-order chi connectivity index (χ0) is 27.9. The molecular weight excluding hydrogens is 515 g/mol. The van der Waals surface area contributed by atoms with Gasteiger partial charge in [-0.3, -0.25) is 0 Å². The average molecular weight is 546 g/mol. The monoisotopic (exact) mass is 545 g/mol. The molecule has 0 radical (unpaired) electrons. The first-order valence-corrected chi connectivity index (χ1v) is 15.2. The summed E-state index contributed by atoms with van der Waals surface area (Å²) in [6, 6.07) is 48.9. The highest BCUT2D eigenvalue weighted by Gasteiger charge is 2.13. The molecule has 0 spiro atoms. The van der Waals surface area contributed by atoms with Gasteiger partial charge in [-0.1, -0.05) is 104 Å². The lowest BCUT2D eigenvalue weighted by molar-refractivity contribution is 1.18. The Balaban J connectivity index is 0.00000135. The number of hydrogen-bond acceptors (Lipinski definition) is 1. The van der Waals surface area contributed by atoms with Crippen LogP contribution in [0.3, 0.4) is 0 Å². The summed E-state index contributed by atoms with van der Waals surface area (Å²) in [5, 5.41) is 5.22. The first kappa shape index (κ1) is 25.3. The Morgan fingerprint density at radius 1 is 0.439 bits per heavy atom. The van der Waals surface area contributed by atoms with Crippen molar-refractivity contribution in [2.75, 3.05) is 0 Å². The molecule has 8 aromatic rings. The number of fused-ring (bicyclic) bond motifs is 6. The highest BCUT2D eigenvalue weighted by Crippen LogP contribution is 2.39. The summed E-state index contributed by atoms with van der Waals surface area (Å²) in [6.07, 6.45) is 0. The quantitative estimate of drug-likeness (QED) is 0.208. The number of hydrogen-bond donors (Lipinski definition) is 0. The minimum Gasteiger partial charge on any atom is -0.309 e. The number of benzene rings is 6. The summed E-state index contributed by atoms with van der Waals surface area (Å²) in [5.41, 5.74) is 9.94. The molecule has 0 aliphatic carbocycles. The molecule has 1 nitrogen and oxygen atoms in total. The Hall–Kier alpha value is -4.66. The van der Waals surface area contributed by atoms with Crippen LogP contribution < -0.4 is 0 Å². The van der Waals surface area contributed by atoms with Gasteiger partial charge < -0.3 is 4.57 Å². The minimum absolute atomic E-state index is 1.18. The van der Waals surface area contributed by atoms with E-state index in [0.717, 1.165) is 0 Å². The molecule has 41 heavy (non-hydrogen) atoms. The molecule has 8 rings (SSSR count). The second kappa shape index (κ2) is 10.4. The van der Waals surface area contributed by atoms with E-state index in [2.05, 4.69) is 145 Å². The van der Waals surface area contributed by atoms with E-state index in [4.69, 9.17) is 0 Å². The topological polar surface area (TPSA) is 4.93 Å². The second-order valence-electron chi connectivity index (χ2n) is 10.3. The predicted molar refractivity (Wildman–Crippen MR) is 181 cm³/mol. The van der Waals surface area contributed by atoms with Gasteiger partial charge in [-0.25, -0.2) is 0 Å². The van der Waals surface area contributed by atoms with Crippen LogP contribution in [0.1, 0.15) is 19.4 Å². The van der Waals surface area contributed by atoms with E-state index in [1.54, 1.807) is 0 Å². The molecule has 2 heteroatoms. The number of aryl methyl sites for hydroxylation is 1. The lowest BCUT2D eigenvalue weighted by atomic mass is 9.99. The van der Waals surface area contributed by atoms with Crippen molar-refractivity contribution in [2.24, 2.45) is 0 Å². The van der Waals surface area contributed by atoms with Gasteiger partial charge in [0, 0.05) is 36.6 Å². The van der Waals surface area contributed by atoms with Gasteiger partial charge in [0.25, 0.3) is 0 Å². The molecule has 0 saturated carbocycles. The van der Waals surface area contributed by atoms with Crippen molar-refractivity contribution >= 4 is 53.3 Å². The van der Waals surface area contributed by atoms with Crippen molar-refractivity contribution in [1.29, 1.82) is 0 Å². The highest BCUT2D eigenvalue weighted by molar-refractivity contribution is 7.25. The third kappa shape index (κ3) is 4.32. The van der Waals surface area contributed by atoms with Gasteiger partial charge in [0.1, 0.15) is 0 Å². The third-order valence-electron chi connectivity index (χ3n) is 7.84. The molecular formula is C39H31NS. The molecule has 0 saturated heterocycles. The Morgan fingerprint density at radius 2 is 0.951 bits per heavy atom. The van der Waals surface area contributed by atoms with Crippen molar-refractivity contribution in [1.82, 2.24) is 4.57 Å². The van der Waals surface area contributed by atoms with Crippen LogP contribution in [0.2, 0.25) is 0 Å². The maximum absolute atomic E-state index is 2.39. The Morgan fingerprint density at radius 3 is 1.54 bits per heavy atom. The average Bonchev–Trinajstić information content (AvgIpc) is 3.57. The zero-order valence-corrected chi connectivity index (χ0v) is 24.4. The van der Waals surface area contributed by atoms with Gasteiger partial charge in [0.05, 0.1) is 11.0 Å². The number of nitrogens with zero attached hydrogens (tertiary/aromatic N) is 1. The molecule has 0 aliphatic rings. The van der Waals surface area contributed by atoms with Crippen LogP contribution >= 0.6 is 11.3 Å². The molecule has 6 aromatic carbocycles. The lowest BCUT2D eigenvalue weighted by Crippen LogP contribution is -1.94. The minimum atomic E-state index is 1.18. The Kier molecular flexibility index (Phi) is 6.41. The summed E-state index contributed by atoms with van der Waals surface area (Å²) < 4.78 is 5.05. The fourth-order valence-electron chi connectivity index (χ4n) is 5.99. The Bertz CT molecular complexity index is 2140. The maximum atomic E-state index is 2.39. The van der Waals surface area contributed by atoms with E-state index in [0.29, 0.717) is 0 Å². The number of rotatable bonds is 3. The molecule has 0 bridgehead atoms. The van der Waals surface area contributed by atoms with Crippen molar-refractivity contribution in [2.45, 2.75) is 20.8 Å². The summed E-state index contributed by atoms with van der Waals surface area (Å²) in [5.74, 6) is 0. The maximum Gasteiger partial charge on any atom is 0.0541 e. The van der Waals surface area contributed by atoms with Crippen LogP contribution in [-0.4, -0.2) is 4.57 Å². The van der Waals surface area contributed by atoms with Crippen LogP contribution in [0.15, 0.2) is 133 Å². The van der Waals surface area contributed by atoms with E-state index < -0.39 is 0 Å². The fourth-order valence-corrected chi connectivity index (χ4v) is 7.05. The molecule has 0 unspecified atom stereocenters. The van der Waals surface area contributed by atoms with Gasteiger partial charge in [0.2, 0.25) is 0 Å². The second-order valence-corrected chi connectivity index (χ2v) is 11.4. The van der Waals surface area contributed by atoms with Crippen LogP contribution in [0, 0.1) is 6.92 Å². The Labute approximate surface area is 244 Å². The number of para-hydroxylation sites is 2. The molecule has 2 aromatic heterocycles. The van der Waals surface area contributed by atoms with Gasteiger partial charge in [-0.05, 0) is 77.7 Å².